The Morgan fingerprint density at radius 2 is 0.708 bits per heavy atom. The van der Waals surface area contributed by atoms with Crippen LogP contribution in [-0.4, -0.2) is 9.99 Å². The lowest BCUT2D eigenvalue weighted by molar-refractivity contribution is -0.787. The highest BCUT2D eigenvalue weighted by molar-refractivity contribution is 8.33. The molecule has 1 aromatic heterocycles. The van der Waals surface area contributed by atoms with Crippen molar-refractivity contribution in [1.29, 1.82) is 0 Å². The highest BCUT2D eigenvalue weighted by atomic mass is 32.2. The minimum atomic E-state index is -5.84. The van der Waals surface area contributed by atoms with Gasteiger partial charge in [-0.1, -0.05) is 0 Å². The van der Waals surface area contributed by atoms with E-state index in [0.29, 0.717) is 0 Å². The van der Waals surface area contributed by atoms with E-state index in [1.54, 1.807) is 0 Å². The smallest absolute Gasteiger partial charge is 0.237 e. The molecule has 0 fully saturated rings. The van der Waals surface area contributed by atoms with Gasteiger partial charge in [-0.15, -0.1) is 16.4 Å². The summed E-state index contributed by atoms with van der Waals surface area (Å²) in [6, 6.07) is 0. The van der Waals surface area contributed by atoms with E-state index in [1.165, 1.54) is 41.5 Å². The van der Waals surface area contributed by atoms with Crippen LogP contribution in [0.2, 0.25) is 0 Å². The minimum absolute atomic E-state index is 0.655. The minimum Gasteiger partial charge on any atom is -0.237 e. The Balaban J connectivity index is 2.55. The van der Waals surface area contributed by atoms with E-state index < -0.39 is 137 Å². The van der Waals surface area contributed by atoms with Gasteiger partial charge in [-0.3, -0.25) is 0 Å². The summed E-state index contributed by atoms with van der Waals surface area (Å²) in [5.74, 6) is -45.5. The van der Waals surface area contributed by atoms with Gasteiger partial charge in [0.25, 0.3) is 5.16 Å². The van der Waals surface area contributed by atoms with Crippen molar-refractivity contribution in [3.05, 3.63) is 99.7 Å². The van der Waals surface area contributed by atoms with E-state index in [0.717, 1.165) is 21.5 Å². The zero-order chi connectivity index (χ0) is 36.7. The van der Waals surface area contributed by atoms with Gasteiger partial charge in [0, 0.05) is 0 Å². The highest BCUT2D eigenvalue weighted by Gasteiger charge is 2.51. The number of aromatic nitrogens is 2. The Morgan fingerprint density at radius 3 is 0.938 bits per heavy atom. The lowest BCUT2D eigenvalue weighted by Crippen LogP contribution is -2.72. The molecule has 260 valence electrons. The molecule has 0 unspecified atom stereocenters. The Labute approximate surface area is 266 Å². The molecule has 0 spiro atoms. The van der Waals surface area contributed by atoms with Crippen LogP contribution in [0.4, 0.5) is 65.9 Å². The summed E-state index contributed by atoms with van der Waals surface area (Å²) in [7, 11) is 0. The van der Waals surface area contributed by atoms with E-state index in [-0.39, 0.29) is 0 Å². The maximum Gasteiger partial charge on any atom is 0.278 e. The number of halogens is 15. The van der Waals surface area contributed by atoms with Gasteiger partial charge in [0.1, 0.15) is 58.4 Å². The van der Waals surface area contributed by atoms with Crippen LogP contribution in [0.5, 0.6) is 0 Å². The van der Waals surface area contributed by atoms with E-state index in [9.17, 15) is 39.5 Å². The van der Waals surface area contributed by atoms with Crippen LogP contribution in [-0.2, 0) is 11.1 Å². The first-order valence-electron chi connectivity index (χ1n) is 13.4. The van der Waals surface area contributed by atoms with Gasteiger partial charge in [0.2, 0.25) is 0 Å². The maximum absolute atomic E-state index is 15.9. The van der Waals surface area contributed by atoms with E-state index in [4.69, 9.17) is 0 Å². The molecule has 0 N–H and O–H groups in total. The normalized spacial score (nSPS) is 12.8. The molecular weight excluding hydrogens is 704 g/mol. The third kappa shape index (κ3) is 5.32. The molecule has 48 heavy (non-hydrogen) atoms. The second-order valence-electron chi connectivity index (χ2n) is 12.5. The number of nitrogens with zero attached hydrogens (tertiary/aromatic N) is 2. The molecule has 0 atom stereocenters. The van der Waals surface area contributed by atoms with E-state index >= 15 is 26.3 Å². The molecule has 0 radical (unpaired) electrons. The molecule has 3 aromatic carbocycles. The van der Waals surface area contributed by atoms with Crippen LogP contribution in [0.3, 0.4) is 0 Å². The summed E-state index contributed by atoms with van der Waals surface area (Å²) in [5, 5.41) is -0.702. The second-order valence-corrected chi connectivity index (χ2v) is 13.8. The summed E-state index contributed by atoms with van der Waals surface area (Å²) < 4.78 is 230. The Kier molecular flexibility index (Phi) is 9.25. The van der Waals surface area contributed by atoms with E-state index in [1.807, 2.05) is 0 Å². The average Bonchev–Trinajstić information content (AvgIpc) is 3.44. The molecule has 0 aliphatic carbocycles. The summed E-state index contributed by atoms with van der Waals surface area (Å²) in [6.07, 6.45) is 2.29. The van der Waals surface area contributed by atoms with Gasteiger partial charge >= 0.3 is 0 Å². The summed E-state index contributed by atoms with van der Waals surface area (Å²) in [4.78, 5) is 0. The van der Waals surface area contributed by atoms with Crippen LogP contribution >= 0.6 is 11.6 Å². The van der Waals surface area contributed by atoms with Gasteiger partial charge in [0.15, 0.2) is 57.8 Å². The van der Waals surface area contributed by atoms with Crippen molar-refractivity contribution >= 4 is 33.4 Å². The number of hydrogen-bond donors (Lipinski definition) is 0. The van der Waals surface area contributed by atoms with Crippen molar-refractivity contribution in [1.82, 2.24) is 4.57 Å². The van der Waals surface area contributed by atoms with Crippen LogP contribution in [0.15, 0.2) is 17.6 Å². The zero-order valence-electron chi connectivity index (χ0n) is 25.2. The fraction of sp³-hybridized carbons (Fsp3) is 0.276. The van der Waals surface area contributed by atoms with Crippen molar-refractivity contribution in [2.24, 2.45) is 0 Å². The van der Waals surface area contributed by atoms with Gasteiger partial charge in [0.05, 0.1) is 0 Å². The molecule has 2 nitrogen and oxygen atoms in total. The molecule has 0 aliphatic rings. The molecule has 4 rings (SSSR count). The van der Waals surface area contributed by atoms with Crippen molar-refractivity contribution < 1.29 is 70.4 Å². The van der Waals surface area contributed by atoms with Crippen molar-refractivity contribution in [3.8, 4) is 0 Å². The fourth-order valence-electron chi connectivity index (χ4n) is 5.22. The number of imidazole rings is 1. The Hall–Kier alpha value is -3.77. The standard InChI is InChI=1S/C29H20BF15N2S/c1-28(2,3)46-7-8-47(29(4,5)6)27(46)48-30(9-12(31)18(37)24(43)19(38)13(9)32,10-14(33)20(39)25(44)21(40)15(10)34)11-16(35)22(41)26(45)23(42)17(11)36/h7-8H,1-6H3. The lowest BCUT2D eigenvalue weighted by atomic mass is 9.33. The van der Waals surface area contributed by atoms with Gasteiger partial charge in [-0.2, -0.15) is 0 Å². The van der Waals surface area contributed by atoms with Gasteiger partial charge < -0.3 is 0 Å². The Bertz CT molecular complexity index is 1710. The second kappa shape index (κ2) is 12.0. The predicted molar refractivity (Wildman–Crippen MR) is 144 cm³/mol. The molecule has 1 heterocycles. The topological polar surface area (TPSA) is 8.81 Å². The third-order valence-electron chi connectivity index (χ3n) is 7.46. The van der Waals surface area contributed by atoms with Crippen molar-refractivity contribution in [3.63, 3.8) is 0 Å². The van der Waals surface area contributed by atoms with E-state index in [2.05, 4.69) is 0 Å². The zero-order valence-corrected chi connectivity index (χ0v) is 26.0. The summed E-state index contributed by atoms with van der Waals surface area (Å²) in [5.41, 5.74) is -16.4. The first-order valence-corrected chi connectivity index (χ1v) is 14.3. The van der Waals surface area contributed by atoms with Crippen LogP contribution < -0.4 is 21.0 Å². The summed E-state index contributed by atoms with van der Waals surface area (Å²) in [6.45, 7) is 8.38. The maximum atomic E-state index is 15.9. The molecule has 4 aromatic rings. The van der Waals surface area contributed by atoms with Crippen LogP contribution in [0.1, 0.15) is 41.5 Å². The van der Waals surface area contributed by atoms with Crippen LogP contribution in [0.25, 0.3) is 0 Å². The predicted octanol–water partition coefficient (Wildman–Crippen LogP) is 7.13. The van der Waals surface area contributed by atoms with Crippen LogP contribution in [0, 0.1) is 87.3 Å². The highest BCUT2D eigenvalue weighted by Crippen LogP contribution is 2.38. The lowest BCUT2D eigenvalue weighted by Gasteiger charge is -2.43. The largest absolute Gasteiger partial charge is 0.278 e. The fourth-order valence-corrected chi connectivity index (χ4v) is 7.40. The van der Waals surface area contributed by atoms with Gasteiger partial charge in [-0.05, 0) is 41.5 Å². The molecule has 0 amide bonds. The molecule has 0 saturated heterocycles. The molecule has 0 bridgehead atoms. The first kappa shape index (κ1) is 37.1. The number of rotatable bonds is 5. The average molecular weight is 724 g/mol. The monoisotopic (exact) mass is 724 g/mol. The Morgan fingerprint density at radius 1 is 0.458 bits per heavy atom. The number of benzene rings is 3. The first-order chi connectivity index (χ1) is 21.8. The van der Waals surface area contributed by atoms with Crippen molar-refractivity contribution in [2.45, 2.75) is 57.8 Å². The third-order valence-corrected chi connectivity index (χ3v) is 9.12. The molecular formula is C29H20BF15N2S. The molecule has 19 heteroatoms. The van der Waals surface area contributed by atoms with Gasteiger partial charge in [-0.25, -0.2) is 86.6 Å². The SMILES string of the molecule is CC(C)(C)n1cc[n+](C(C)(C)C)c1S[B-](c1c(F)c(F)c(F)c(F)c1F)(c1c(F)c(F)c(F)c(F)c1F)c1c(F)c(F)c(F)c(F)c1F. The summed E-state index contributed by atoms with van der Waals surface area (Å²) >= 11 is -0.655. The van der Waals surface area contributed by atoms with Crippen molar-refractivity contribution in [2.75, 3.05) is 0 Å². The number of hydrogen-bond acceptors (Lipinski definition) is 1. The quantitative estimate of drug-likeness (QED) is 0.0700. The molecule has 0 aliphatic heterocycles. The molecule has 0 saturated carbocycles.